The zero-order valence-corrected chi connectivity index (χ0v) is 6.81. The van der Waals surface area contributed by atoms with Gasteiger partial charge in [0.05, 0.1) is 19.8 Å². The van der Waals surface area contributed by atoms with Crippen molar-refractivity contribution < 1.29 is 25.0 Å². The maximum absolute atomic E-state index is 8.83. The Kier molecular flexibility index (Phi) is 6.32. The highest BCUT2D eigenvalue weighted by molar-refractivity contribution is 6.15. The lowest BCUT2D eigenvalue weighted by Crippen LogP contribution is -2.35. The third-order valence-corrected chi connectivity index (χ3v) is 1.83. The Morgan fingerprint density at radius 1 is 1.08 bits per heavy atom. The van der Waals surface area contributed by atoms with Gasteiger partial charge in [0.25, 0.3) is 0 Å². The van der Waals surface area contributed by atoms with E-state index >= 15 is 0 Å². The summed E-state index contributed by atoms with van der Waals surface area (Å²) >= 11 is 0. The van der Waals surface area contributed by atoms with Crippen LogP contribution in [0.25, 0.3) is 0 Å². The summed E-state index contributed by atoms with van der Waals surface area (Å²) in [5.74, 6) is 0. The van der Waals surface area contributed by atoms with Gasteiger partial charge in [-0.3, -0.25) is 0 Å². The Morgan fingerprint density at radius 3 is 1.92 bits per heavy atom. The summed E-state index contributed by atoms with van der Waals surface area (Å²) in [6, 6.07) is 0. The first-order chi connectivity index (χ1) is 5.74. The van der Waals surface area contributed by atoms with Crippen molar-refractivity contribution in [2.45, 2.75) is 6.42 Å². The van der Waals surface area contributed by atoms with E-state index in [0.29, 0.717) is 7.69 Å². The van der Waals surface area contributed by atoms with Crippen molar-refractivity contribution in [1.29, 1.82) is 0 Å². The quantitative estimate of drug-likeness (QED) is 0.263. The van der Waals surface area contributed by atoms with Gasteiger partial charge in [0.15, 0.2) is 0 Å². The van der Waals surface area contributed by atoms with Gasteiger partial charge < -0.3 is 25.0 Å². The third kappa shape index (κ3) is 3.51. The van der Waals surface area contributed by atoms with E-state index in [0.717, 1.165) is 0 Å². The predicted octanol–water partition coefficient (Wildman–Crippen LogP) is -2.12. The second kappa shape index (κ2) is 6.39. The lowest BCUT2D eigenvalue weighted by molar-refractivity contribution is -0.00963. The fraction of sp³-hybridized carbons (Fsp3) is 1.00. The lowest BCUT2D eigenvalue weighted by atomic mass is 9.88. The predicted molar refractivity (Wildman–Crippen MR) is 42.2 cm³/mol. The molecule has 6 heteroatoms. The maximum Gasteiger partial charge on any atom is 0.485 e. The zero-order chi connectivity index (χ0) is 9.45. The molecule has 0 bridgehead atoms. The van der Waals surface area contributed by atoms with Crippen LogP contribution in [0.3, 0.4) is 0 Å². The standard InChI is InChI=1S/C6H14BO5/c8-3-6(4-9,5-10)1-2-12-7-11/h8-11H,1-5H2. The number of aliphatic hydroxyl groups is 3. The molecule has 0 aromatic rings. The van der Waals surface area contributed by atoms with Crippen molar-refractivity contribution in [3.8, 4) is 0 Å². The van der Waals surface area contributed by atoms with Gasteiger partial charge in [-0.1, -0.05) is 0 Å². The molecular weight excluding hydrogens is 163 g/mol. The summed E-state index contributed by atoms with van der Waals surface area (Å²) < 4.78 is 4.49. The Balaban J connectivity index is 3.76. The van der Waals surface area contributed by atoms with E-state index in [4.69, 9.17) is 20.3 Å². The van der Waals surface area contributed by atoms with E-state index in [1.165, 1.54) is 0 Å². The van der Waals surface area contributed by atoms with Crippen molar-refractivity contribution in [1.82, 2.24) is 0 Å². The fourth-order valence-corrected chi connectivity index (χ4v) is 0.715. The Hall–Kier alpha value is -0.135. The van der Waals surface area contributed by atoms with Gasteiger partial charge in [0.1, 0.15) is 0 Å². The molecule has 0 rings (SSSR count). The largest absolute Gasteiger partial charge is 0.485 e. The third-order valence-electron chi connectivity index (χ3n) is 1.83. The molecule has 0 aromatic carbocycles. The van der Waals surface area contributed by atoms with Crippen molar-refractivity contribution in [3.05, 3.63) is 0 Å². The minimum absolute atomic E-state index is 0.151. The van der Waals surface area contributed by atoms with Crippen LogP contribution in [0, 0.1) is 5.41 Å². The molecule has 0 spiro atoms. The molecule has 71 valence electrons. The maximum atomic E-state index is 8.83. The van der Waals surface area contributed by atoms with Gasteiger partial charge in [0.2, 0.25) is 0 Å². The van der Waals surface area contributed by atoms with Crippen LogP contribution in [0.15, 0.2) is 0 Å². The number of aliphatic hydroxyl groups excluding tert-OH is 3. The minimum Gasteiger partial charge on any atom is -0.429 e. The summed E-state index contributed by atoms with van der Waals surface area (Å²) in [6.45, 7) is -0.781. The summed E-state index contributed by atoms with van der Waals surface area (Å²) in [4.78, 5) is 0. The first kappa shape index (κ1) is 11.9. The normalized spacial score (nSPS) is 11.7. The van der Waals surface area contributed by atoms with Crippen LogP contribution in [0.5, 0.6) is 0 Å². The smallest absolute Gasteiger partial charge is 0.429 e. The van der Waals surface area contributed by atoms with E-state index in [9.17, 15) is 0 Å². The van der Waals surface area contributed by atoms with Crippen LogP contribution >= 0.6 is 0 Å². The molecule has 0 amide bonds. The van der Waals surface area contributed by atoms with Crippen LogP contribution in [0.2, 0.25) is 0 Å². The van der Waals surface area contributed by atoms with Gasteiger partial charge in [-0.25, -0.2) is 0 Å². The molecule has 0 saturated heterocycles. The average Bonchev–Trinajstić information content (AvgIpc) is 2.14. The van der Waals surface area contributed by atoms with E-state index in [1.807, 2.05) is 0 Å². The molecule has 0 atom stereocenters. The van der Waals surface area contributed by atoms with Crippen molar-refractivity contribution in [3.63, 3.8) is 0 Å². The van der Waals surface area contributed by atoms with Crippen molar-refractivity contribution in [2.24, 2.45) is 5.41 Å². The number of rotatable bonds is 7. The molecule has 0 aliphatic carbocycles. The van der Waals surface area contributed by atoms with Crippen LogP contribution in [-0.4, -0.2) is 54.5 Å². The topological polar surface area (TPSA) is 90.2 Å². The van der Waals surface area contributed by atoms with Gasteiger partial charge in [0, 0.05) is 12.0 Å². The minimum atomic E-state index is -0.914. The van der Waals surface area contributed by atoms with E-state index in [2.05, 4.69) is 4.65 Å². The van der Waals surface area contributed by atoms with Crippen LogP contribution in [0.1, 0.15) is 6.42 Å². The lowest BCUT2D eigenvalue weighted by Gasteiger charge is -2.26. The molecule has 0 aliphatic heterocycles. The highest BCUT2D eigenvalue weighted by Crippen LogP contribution is 2.19. The van der Waals surface area contributed by atoms with E-state index < -0.39 is 5.41 Å². The Bertz CT molecular complexity index is 97.8. The molecule has 4 N–H and O–H groups in total. The zero-order valence-electron chi connectivity index (χ0n) is 6.81. The second-order valence-corrected chi connectivity index (χ2v) is 2.70. The molecule has 1 radical (unpaired) electrons. The molecule has 0 unspecified atom stereocenters. The van der Waals surface area contributed by atoms with Crippen LogP contribution < -0.4 is 0 Å². The fourth-order valence-electron chi connectivity index (χ4n) is 0.715. The summed E-state index contributed by atoms with van der Waals surface area (Å²) in [5, 5.41) is 34.6. The van der Waals surface area contributed by atoms with Gasteiger partial charge in [-0.15, -0.1) is 0 Å². The van der Waals surface area contributed by atoms with E-state index in [1.54, 1.807) is 0 Å². The van der Waals surface area contributed by atoms with Crippen LogP contribution in [-0.2, 0) is 4.65 Å². The number of hydrogen-bond donors (Lipinski definition) is 4. The van der Waals surface area contributed by atoms with Gasteiger partial charge in [-0.05, 0) is 6.42 Å². The van der Waals surface area contributed by atoms with Crippen molar-refractivity contribution >= 4 is 7.69 Å². The molecule has 12 heavy (non-hydrogen) atoms. The highest BCUT2D eigenvalue weighted by atomic mass is 16.5. The monoisotopic (exact) mass is 177 g/mol. The first-order valence-corrected chi connectivity index (χ1v) is 3.65. The average molecular weight is 177 g/mol. The number of hydrogen-bond acceptors (Lipinski definition) is 5. The van der Waals surface area contributed by atoms with E-state index in [-0.39, 0.29) is 32.8 Å². The summed E-state index contributed by atoms with van der Waals surface area (Å²) in [7, 11) is 0.539. The van der Waals surface area contributed by atoms with Gasteiger partial charge in [-0.2, -0.15) is 0 Å². The summed E-state index contributed by atoms with van der Waals surface area (Å²) in [6.07, 6.45) is 0.285. The second-order valence-electron chi connectivity index (χ2n) is 2.70. The summed E-state index contributed by atoms with van der Waals surface area (Å²) in [5.41, 5.74) is -0.914. The molecule has 0 aliphatic rings. The molecule has 0 heterocycles. The van der Waals surface area contributed by atoms with Crippen molar-refractivity contribution in [2.75, 3.05) is 26.4 Å². The molecule has 0 aromatic heterocycles. The Labute approximate surface area is 71.9 Å². The van der Waals surface area contributed by atoms with Gasteiger partial charge >= 0.3 is 7.69 Å². The molecule has 0 saturated carbocycles. The first-order valence-electron chi connectivity index (χ1n) is 3.65. The Morgan fingerprint density at radius 2 is 1.58 bits per heavy atom. The SMILES string of the molecule is O[B]OCCC(CO)(CO)CO. The molecule has 5 nitrogen and oxygen atoms in total. The highest BCUT2D eigenvalue weighted by Gasteiger charge is 2.27. The molecular formula is C6H14BO5. The van der Waals surface area contributed by atoms with Crippen LogP contribution in [0.4, 0.5) is 0 Å². The molecule has 0 fully saturated rings.